The number of carbonyl (C=O) groups is 1. The van der Waals surface area contributed by atoms with Crippen molar-refractivity contribution in [1.29, 1.82) is 0 Å². The van der Waals surface area contributed by atoms with Crippen LogP contribution in [0, 0.1) is 6.92 Å². The number of aryl methyl sites for hydroxylation is 1. The van der Waals surface area contributed by atoms with Gasteiger partial charge in [-0.15, -0.1) is 0 Å². The van der Waals surface area contributed by atoms with E-state index in [2.05, 4.69) is 4.99 Å². The highest BCUT2D eigenvalue weighted by Gasteiger charge is 2.34. The van der Waals surface area contributed by atoms with Gasteiger partial charge in [-0.25, -0.2) is 9.79 Å². The third kappa shape index (κ3) is 3.36. The Kier molecular flexibility index (Phi) is 5.02. The summed E-state index contributed by atoms with van der Waals surface area (Å²) in [5.41, 5.74) is 1.13. The van der Waals surface area contributed by atoms with E-state index in [4.69, 9.17) is 20.8 Å². The quantitative estimate of drug-likeness (QED) is 0.601. The molecule has 0 amide bonds. The molecule has 0 bridgehead atoms. The molecule has 1 aromatic carbocycles. The van der Waals surface area contributed by atoms with Crippen LogP contribution in [0.2, 0.25) is 5.02 Å². The topological polar surface area (TPSA) is 73.8 Å². The van der Waals surface area contributed by atoms with E-state index in [1.807, 2.05) is 19.1 Å². The molecule has 0 saturated carbocycles. The molecule has 0 spiro atoms. The van der Waals surface area contributed by atoms with Crippen molar-refractivity contribution >= 4 is 35.0 Å². The Morgan fingerprint density at radius 1 is 1.28 bits per heavy atom. The molecule has 0 fully saturated rings. The van der Waals surface area contributed by atoms with Crippen LogP contribution in [0.4, 0.5) is 0 Å². The number of allylic oxidation sites excluding steroid dienone is 1. The maximum atomic E-state index is 13.3. The monoisotopic (exact) mass is 428 g/mol. The third-order valence-corrected chi connectivity index (χ3v) is 5.99. The van der Waals surface area contributed by atoms with E-state index in [9.17, 15) is 9.59 Å². The summed E-state index contributed by atoms with van der Waals surface area (Å²) in [4.78, 5) is 30.9. The SMILES string of the molecule is COC(=O)C1=C(C)N=c2s/c(=C\c3ccc(C)o3)c(=O)n2C1c1ccccc1Cl. The smallest absolute Gasteiger partial charge is 0.338 e. The Bertz CT molecular complexity index is 1330. The maximum absolute atomic E-state index is 13.3. The van der Waals surface area contributed by atoms with Crippen LogP contribution in [0.25, 0.3) is 6.08 Å². The standard InChI is InChI=1S/C21H17ClN2O4S/c1-11-8-9-13(28-11)10-16-19(25)24-18(14-6-4-5-7-15(14)22)17(20(26)27-3)12(2)23-21(24)29-16/h4-10,18H,1-3H3/b16-10-. The van der Waals surface area contributed by atoms with Crippen LogP contribution < -0.4 is 14.9 Å². The number of rotatable bonds is 3. The molecule has 1 atom stereocenters. The highest BCUT2D eigenvalue weighted by molar-refractivity contribution is 7.07. The molecule has 2 aromatic heterocycles. The lowest BCUT2D eigenvalue weighted by molar-refractivity contribution is -0.136. The fourth-order valence-electron chi connectivity index (χ4n) is 3.34. The molecule has 0 saturated heterocycles. The molecule has 3 heterocycles. The first-order valence-electron chi connectivity index (χ1n) is 8.82. The molecule has 4 rings (SSSR count). The zero-order valence-electron chi connectivity index (χ0n) is 15.9. The van der Waals surface area contributed by atoms with Gasteiger partial charge in [-0.1, -0.05) is 41.1 Å². The van der Waals surface area contributed by atoms with Crippen molar-refractivity contribution in [3.63, 3.8) is 0 Å². The molecule has 148 valence electrons. The predicted octanol–water partition coefficient (Wildman–Crippen LogP) is 2.96. The molecule has 0 aliphatic carbocycles. The van der Waals surface area contributed by atoms with Crippen LogP contribution in [0.1, 0.15) is 30.0 Å². The average Bonchev–Trinajstić information content (AvgIpc) is 3.24. The van der Waals surface area contributed by atoms with E-state index in [0.29, 0.717) is 31.4 Å². The van der Waals surface area contributed by atoms with Gasteiger partial charge >= 0.3 is 5.97 Å². The van der Waals surface area contributed by atoms with Crippen molar-refractivity contribution < 1.29 is 13.9 Å². The minimum atomic E-state index is -0.729. The number of furan rings is 1. The predicted molar refractivity (Wildman–Crippen MR) is 111 cm³/mol. The summed E-state index contributed by atoms with van der Waals surface area (Å²) in [5.74, 6) is 0.778. The number of methoxy groups -OCH3 is 1. The largest absolute Gasteiger partial charge is 0.466 e. The number of carbonyl (C=O) groups excluding carboxylic acids is 1. The first-order valence-corrected chi connectivity index (χ1v) is 10.0. The van der Waals surface area contributed by atoms with Crippen molar-refractivity contribution in [2.24, 2.45) is 4.99 Å². The summed E-state index contributed by atoms with van der Waals surface area (Å²) >= 11 is 7.67. The molecule has 1 aliphatic heterocycles. The molecule has 1 unspecified atom stereocenters. The summed E-state index contributed by atoms with van der Waals surface area (Å²) in [6.45, 7) is 3.56. The number of esters is 1. The van der Waals surface area contributed by atoms with Gasteiger partial charge in [-0.2, -0.15) is 0 Å². The number of hydrogen-bond acceptors (Lipinski definition) is 6. The van der Waals surface area contributed by atoms with Gasteiger partial charge in [0.25, 0.3) is 5.56 Å². The van der Waals surface area contributed by atoms with Gasteiger partial charge in [0, 0.05) is 11.1 Å². The summed E-state index contributed by atoms with van der Waals surface area (Å²) in [7, 11) is 1.30. The Hall–Kier alpha value is -2.90. The summed E-state index contributed by atoms with van der Waals surface area (Å²) in [5, 5.41) is 0.449. The second kappa shape index (κ2) is 7.50. The van der Waals surface area contributed by atoms with Crippen LogP contribution in [-0.4, -0.2) is 17.6 Å². The number of halogens is 1. The van der Waals surface area contributed by atoms with Gasteiger partial charge in [0.05, 0.1) is 22.9 Å². The number of benzene rings is 1. The summed E-state index contributed by atoms with van der Waals surface area (Å²) in [6, 6.07) is 10.0. The first-order chi connectivity index (χ1) is 13.9. The Morgan fingerprint density at radius 3 is 2.69 bits per heavy atom. The molecule has 8 heteroatoms. The minimum absolute atomic E-state index is 0.276. The maximum Gasteiger partial charge on any atom is 0.338 e. The number of aromatic nitrogens is 1. The fraction of sp³-hybridized carbons (Fsp3) is 0.190. The molecule has 6 nitrogen and oxygen atoms in total. The van der Waals surface area contributed by atoms with Crippen molar-refractivity contribution in [1.82, 2.24) is 4.57 Å². The summed E-state index contributed by atoms with van der Waals surface area (Å²) in [6.07, 6.45) is 1.68. The fourth-order valence-corrected chi connectivity index (χ4v) is 4.61. The van der Waals surface area contributed by atoms with E-state index in [-0.39, 0.29) is 11.1 Å². The molecular formula is C21H17ClN2O4S. The number of hydrogen-bond donors (Lipinski definition) is 0. The van der Waals surface area contributed by atoms with Crippen LogP contribution in [0.15, 0.2) is 61.9 Å². The van der Waals surface area contributed by atoms with Crippen molar-refractivity contribution in [3.8, 4) is 0 Å². The Labute approximate surface area is 175 Å². The number of nitrogens with zero attached hydrogens (tertiary/aromatic N) is 2. The second-order valence-electron chi connectivity index (χ2n) is 6.54. The van der Waals surface area contributed by atoms with Crippen LogP contribution in [0.3, 0.4) is 0 Å². The van der Waals surface area contributed by atoms with Gasteiger partial charge in [0.2, 0.25) is 0 Å². The molecule has 29 heavy (non-hydrogen) atoms. The van der Waals surface area contributed by atoms with E-state index in [1.165, 1.54) is 23.0 Å². The molecular weight excluding hydrogens is 412 g/mol. The molecule has 0 N–H and O–H groups in total. The zero-order chi connectivity index (χ0) is 20.7. The van der Waals surface area contributed by atoms with E-state index < -0.39 is 12.0 Å². The van der Waals surface area contributed by atoms with Gasteiger partial charge in [0.15, 0.2) is 4.80 Å². The number of ether oxygens (including phenoxy) is 1. The van der Waals surface area contributed by atoms with Gasteiger partial charge in [-0.3, -0.25) is 9.36 Å². The Balaban J connectivity index is 2.01. The van der Waals surface area contributed by atoms with E-state index in [1.54, 1.807) is 37.3 Å². The van der Waals surface area contributed by atoms with Gasteiger partial charge < -0.3 is 9.15 Å². The lowest BCUT2D eigenvalue weighted by Gasteiger charge is -2.25. The number of thiazole rings is 1. The second-order valence-corrected chi connectivity index (χ2v) is 7.96. The summed E-state index contributed by atoms with van der Waals surface area (Å²) < 4.78 is 12.5. The minimum Gasteiger partial charge on any atom is -0.466 e. The van der Waals surface area contributed by atoms with Gasteiger partial charge in [0.1, 0.15) is 17.6 Å². The van der Waals surface area contributed by atoms with E-state index in [0.717, 1.165) is 5.76 Å². The van der Waals surface area contributed by atoms with Crippen molar-refractivity contribution in [2.45, 2.75) is 19.9 Å². The lowest BCUT2D eigenvalue weighted by Crippen LogP contribution is -2.39. The van der Waals surface area contributed by atoms with Crippen molar-refractivity contribution in [3.05, 3.63) is 89.5 Å². The highest BCUT2D eigenvalue weighted by Crippen LogP contribution is 2.34. The average molecular weight is 429 g/mol. The molecule has 3 aromatic rings. The first kappa shape index (κ1) is 19.4. The van der Waals surface area contributed by atoms with Crippen LogP contribution >= 0.6 is 22.9 Å². The zero-order valence-corrected chi connectivity index (χ0v) is 17.5. The lowest BCUT2D eigenvalue weighted by atomic mass is 9.96. The molecule has 1 aliphatic rings. The van der Waals surface area contributed by atoms with E-state index >= 15 is 0 Å². The van der Waals surface area contributed by atoms with Crippen molar-refractivity contribution in [2.75, 3.05) is 7.11 Å². The Morgan fingerprint density at radius 2 is 2.03 bits per heavy atom. The van der Waals surface area contributed by atoms with Gasteiger partial charge in [-0.05, 0) is 37.6 Å². The third-order valence-electron chi connectivity index (χ3n) is 4.66. The normalized spacial score (nSPS) is 16.6. The van der Waals surface area contributed by atoms with Crippen LogP contribution in [-0.2, 0) is 9.53 Å². The van der Waals surface area contributed by atoms with Crippen LogP contribution in [0.5, 0.6) is 0 Å². The highest BCUT2D eigenvalue weighted by atomic mass is 35.5. The number of fused-ring (bicyclic) bond motifs is 1. The molecule has 0 radical (unpaired) electrons.